The van der Waals surface area contributed by atoms with E-state index in [0.717, 1.165) is 24.4 Å². The molecule has 5 heteroatoms. The molecule has 2 aromatic heterocycles. The lowest BCUT2D eigenvalue weighted by molar-refractivity contribution is 0.242. The average Bonchev–Trinajstić information content (AvgIpc) is 3.22. The molecule has 0 unspecified atom stereocenters. The molecule has 0 radical (unpaired) electrons. The maximum Gasteiger partial charge on any atom is 0.119 e. The van der Waals surface area contributed by atoms with Crippen LogP contribution in [0.2, 0.25) is 0 Å². The van der Waals surface area contributed by atoms with Crippen LogP contribution in [0.15, 0.2) is 41.1 Å². The minimum atomic E-state index is 0.199. The Hall–Kier alpha value is -1.69. The number of ether oxygens (including phenoxy) is 1. The van der Waals surface area contributed by atoms with Crippen molar-refractivity contribution in [2.45, 2.75) is 52.8 Å². The van der Waals surface area contributed by atoms with Gasteiger partial charge in [0.25, 0.3) is 0 Å². The summed E-state index contributed by atoms with van der Waals surface area (Å²) in [5.74, 6) is 0.921. The molecule has 0 saturated carbocycles. The van der Waals surface area contributed by atoms with Gasteiger partial charge in [-0.2, -0.15) is 11.3 Å². The number of aromatic nitrogens is 1. The SMILES string of the molecule is Cc1nc([C@@H](Cc2ccsc2)NCc2ccc(OC(C)C)cc2)sc1C. The molecular weight excluding hydrogens is 360 g/mol. The molecule has 2 heterocycles. The Bertz CT molecular complexity index is 788. The van der Waals surface area contributed by atoms with Gasteiger partial charge in [0, 0.05) is 11.4 Å². The van der Waals surface area contributed by atoms with E-state index >= 15 is 0 Å². The largest absolute Gasteiger partial charge is 0.491 e. The zero-order valence-corrected chi connectivity index (χ0v) is 17.4. The van der Waals surface area contributed by atoms with Gasteiger partial charge in [-0.05, 0) is 74.2 Å². The van der Waals surface area contributed by atoms with E-state index in [2.05, 4.69) is 48.1 Å². The van der Waals surface area contributed by atoms with Crippen LogP contribution in [-0.4, -0.2) is 11.1 Å². The molecule has 0 saturated heterocycles. The second kappa shape index (κ2) is 8.80. The van der Waals surface area contributed by atoms with Gasteiger partial charge in [0.2, 0.25) is 0 Å². The minimum absolute atomic E-state index is 0.199. The van der Waals surface area contributed by atoms with Crippen molar-refractivity contribution >= 4 is 22.7 Å². The van der Waals surface area contributed by atoms with Gasteiger partial charge in [0.05, 0.1) is 17.8 Å². The molecule has 0 aliphatic heterocycles. The highest BCUT2D eigenvalue weighted by atomic mass is 32.1. The normalized spacial score (nSPS) is 12.5. The van der Waals surface area contributed by atoms with Gasteiger partial charge >= 0.3 is 0 Å². The minimum Gasteiger partial charge on any atom is -0.491 e. The second-order valence-corrected chi connectivity index (χ2v) is 8.79. The van der Waals surface area contributed by atoms with Gasteiger partial charge in [-0.1, -0.05) is 12.1 Å². The predicted octanol–water partition coefficient (Wildman–Crippen LogP) is 5.68. The second-order valence-electron chi connectivity index (χ2n) is 6.77. The van der Waals surface area contributed by atoms with Crippen molar-refractivity contribution in [3.05, 3.63) is 67.8 Å². The molecule has 26 heavy (non-hydrogen) atoms. The smallest absolute Gasteiger partial charge is 0.119 e. The van der Waals surface area contributed by atoms with Crippen molar-refractivity contribution in [1.29, 1.82) is 0 Å². The lowest BCUT2D eigenvalue weighted by Gasteiger charge is -2.17. The van der Waals surface area contributed by atoms with Crippen LogP contribution in [0.4, 0.5) is 0 Å². The van der Waals surface area contributed by atoms with Crippen molar-refractivity contribution in [1.82, 2.24) is 10.3 Å². The molecule has 1 aromatic carbocycles. The van der Waals surface area contributed by atoms with E-state index in [4.69, 9.17) is 9.72 Å². The van der Waals surface area contributed by atoms with Gasteiger partial charge in [0.1, 0.15) is 10.8 Å². The Balaban J connectivity index is 1.69. The van der Waals surface area contributed by atoms with Gasteiger partial charge in [-0.25, -0.2) is 4.98 Å². The zero-order chi connectivity index (χ0) is 18.5. The number of nitrogens with zero attached hydrogens (tertiary/aromatic N) is 1. The van der Waals surface area contributed by atoms with Gasteiger partial charge < -0.3 is 10.1 Å². The van der Waals surface area contributed by atoms with E-state index in [0.29, 0.717) is 0 Å². The molecule has 3 nitrogen and oxygen atoms in total. The maximum atomic E-state index is 5.72. The van der Waals surface area contributed by atoms with Gasteiger partial charge in [-0.3, -0.25) is 0 Å². The molecule has 138 valence electrons. The first-order chi connectivity index (χ1) is 12.5. The van der Waals surface area contributed by atoms with Crippen LogP contribution in [-0.2, 0) is 13.0 Å². The Morgan fingerprint density at radius 1 is 1.08 bits per heavy atom. The van der Waals surface area contributed by atoms with E-state index < -0.39 is 0 Å². The van der Waals surface area contributed by atoms with Crippen molar-refractivity contribution in [3.63, 3.8) is 0 Å². The van der Waals surface area contributed by atoms with E-state index in [1.54, 1.807) is 22.7 Å². The van der Waals surface area contributed by atoms with Crippen LogP contribution in [0.5, 0.6) is 5.75 Å². The Kier molecular flexibility index (Phi) is 6.46. The number of benzene rings is 1. The molecule has 3 rings (SSSR count). The summed E-state index contributed by atoms with van der Waals surface area (Å²) in [6.45, 7) is 9.13. The van der Waals surface area contributed by atoms with Gasteiger partial charge in [-0.15, -0.1) is 11.3 Å². The van der Waals surface area contributed by atoms with Crippen molar-refractivity contribution in [2.75, 3.05) is 0 Å². The summed E-state index contributed by atoms with van der Waals surface area (Å²) in [5.41, 5.74) is 3.75. The summed E-state index contributed by atoms with van der Waals surface area (Å²) >= 11 is 3.55. The lowest BCUT2D eigenvalue weighted by atomic mass is 10.1. The molecule has 0 amide bonds. The zero-order valence-electron chi connectivity index (χ0n) is 15.8. The highest BCUT2D eigenvalue weighted by Gasteiger charge is 2.17. The van der Waals surface area contributed by atoms with Crippen LogP contribution in [0.3, 0.4) is 0 Å². The highest BCUT2D eigenvalue weighted by molar-refractivity contribution is 7.11. The number of rotatable bonds is 8. The van der Waals surface area contributed by atoms with Crippen LogP contribution >= 0.6 is 22.7 Å². The standard InChI is InChI=1S/C21H26N2OS2/c1-14(2)24-19-7-5-17(6-8-19)12-22-20(11-18-9-10-25-13-18)21-23-15(3)16(4)26-21/h5-10,13-14,20,22H,11-12H2,1-4H3/t20-/m1/s1. The van der Waals surface area contributed by atoms with E-state index in [-0.39, 0.29) is 12.1 Å². The first-order valence-corrected chi connectivity index (χ1v) is 10.7. The van der Waals surface area contributed by atoms with Crippen LogP contribution in [0.1, 0.15) is 46.6 Å². The van der Waals surface area contributed by atoms with Crippen molar-refractivity contribution in [3.8, 4) is 5.75 Å². The van der Waals surface area contributed by atoms with Crippen LogP contribution in [0, 0.1) is 13.8 Å². The average molecular weight is 387 g/mol. The van der Waals surface area contributed by atoms with Crippen molar-refractivity contribution in [2.24, 2.45) is 0 Å². The summed E-state index contributed by atoms with van der Waals surface area (Å²) in [5, 5.41) is 9.23. The summed E-state index contributed by atoms with van der Waals surface area (Å²) < 4.78 is 5.72. The monoisotopic (exact) mass is 386 g/mol. The summed E-state index contributed by atoms with van der Waals surface area (Å²) in [6.07, 6.45) is 1.16. The number of nitrogens with one attached hydrogen (secondary N) is 1. The van der Waals surface area contributed by atoms with Crippen LogP contribution in [0.25, 0.3) is 0 Å². The fourth-order valence-corrected chi connectivity index (χ4v) is 4.42. The number of aryl methyl sites for hydroxylation is 2. The fraction of sp³-hybridized carbons (Fsp3) is 0.381. The third kappa shape index (κ3) is 5.16. The summed E-state index contributed by atoms with van der Waals surface area (Å²) in [6, 6.07) is 10.8. The van der Waals surface area contributed by atoms with Crippen molar-refractivity contribution < 1.29 is 4.74 Å². The van der Waals surface area contributed by atoms with E-state index in [9.17, 15) is 0 Å². The summed E-state index contributed by atoms with van der Waals surface area (Å²) in [4.78, 5) is 6.09. The topological polar surface area (TPSA) is 34.2 Å². The molecule has 0 bridgehead atoms. The first kappa shape index (κ1) is 19.1. The predicted molar refractivity (Wildman–Crippen MR) is 111 cm³/mol. The highest BCUT2D eigenvalue weighted by Crippen LogP contribution is 2.27. The molecular formula is C21H26N2OS2. The number of thiazole rings is 1. The number of thiophene rings is 1. The maximum absolute atomic E-state index is 5.72. The Morgan fingerprint density at radius 3 is 2.42 bits per heavy atom. The fourth-order valence-electron chi connectivity index (χ4n) is 2.74. The Labute approximate surface area is 164 Å². The lowest BCUT2D eigenvalue weighted by Crippen LogP contribution is -2.22. The van der Waals surface area contributed by atoms with E-state index in [1.807, 2.05) is 26.0 Å². The third-order valence-electron chi connectivity index (χ3n) is 4.21. The molecule has 1 N–H and O–H groups in total. The number of hydrogen-bond acceptors (Lipinski definition) is 5. The van der Waals surface area contributed by atoms with E-state index in [1.165, 1.54) is 21.0 Å². The molecule has 1 atom stereocenters. The molecule has 0 aliphatic carbocycles. The molecule has 0 fully saturated rings. The molecule has 3 aromatic rings. The number of hydrogen-bond donors (Lipinski definition) is 1. The third-order valence-corrected chi connectivity index (χ3v) is 6.13. The molecule has 0 aliphatic rings. The molecule has 0 spiro atoms. The summed E-state index contributed by atoms with van der Waals surface area (Å²) in [7, 11) is 0. The quantitative estimate of drug-likeness (QED) is 0.540. The van der Waals surface area contributed by atoms with Gasteiger partial charge in [0.15, 0.2) is 0 Å². The Morgan fingerprint density at radius 2 is 1.85 bits per heavy atom. The first-order valence-electron chi connectivity index (χ1n) is 8.95. The van der Waals surface area contributed by atoms with Crippen LogP contribution < -0.4 is 10.1 Å².